The Labute approximate surface area is 141 Å². The van der Waals surface area contributed by atoms with Crippen molar-refractivity contribution in [3.8, 4) is 12.3 Å². The summed E-state index contributed by atoms with van der Waals surface area (Å²) in [6.45, 7) is 4.40. The van der Waals surface area contributed by atoms with Crippen LogP contribution in [0.3, 0.4) is 0 Å². The molecule has 0 aromatic carbocycles. The molecule has 1 saturated heterocycles. The zero-order valence-corrected chi connectivity index (χ0v) is 13.9. The van der Waals surface area contributed by atoms with E-state index in [-0.39, 0.29) is 18.0 Å². The molecule has 0 bridgehead atoms. The van der Waals surface area contributed by atoms with Crippen molar-refractivity contribution in [2.75, 3.05) is 27.3 Å². The van der Waals surface area contributed by atoms with E-state index in [1.807, 2.05) is 0 Å². The van der Waals surface area contributed by atoms with E-state index in [2.05, 4.69) is 22.9 Å². The summed E-state index contributed by atoms with van der Waals surface area (Å²) in [5.41, 5.74) is 5.79. The molecule has 3 N–H and O–H groups in total. The standard InChI is InChI=1S/C16H23N5O3/c1-5-12-14(15(17)23)16(18-3)21(19-12)10-7-11(9-24-4)20(8-10)13(22)6-2/h1,6,10-11,14,16,18H,2,7-9H2,3-4H3,(H2,17,23)/t10?,11-,14?,16?/m1/s1. The number of primary amides is 1. The Bertz CT molecular complexity index is 597. The van der Waals surface area contributed by atoms with Crippen molar-refractivity contribution in [3.63, 3.8) is 0 Å². The average Bonchev–Trinajstić information content (AvgIpc) is 3.15. The molecule has 0 aromatic rings. The van der Waals surface area contributed by atoms with Crippen LogP contribution in [0.25, 0.3) is 0 Å². The minimum atomic E-state index is -0.690. The van der Waals surface area contributed by atoms with Crippen LogP contribution < -0.4 is 11.1 Å². The zero-order valence-electron chi connectivity index (χ0n) is 13.9. The zero-order chi connectivity index (χ0) is 17.9. The third-order valence-corrected chi connectivity index (χ3v) is 4.45. The van der Waals surface area contributed by atoms with Crippen molar-refractivity contribution in [1.82, 2.24) is 15.2 Å². The van der Waals surface area contributed by atoms with E-state index >= 15 is 0 Å². The molecule has 0 aromatic heterocycles. The third-order valence-electron chi connectivity index (χ3n) is 4.45. The van der Waals surface area contributed by atoms with Gasteiger partial charge in [0, 0.05) is 13.7 Å². The van der Waals surface area contributed by atoms with Gasteiger partial charge in [0.1, 0.15) is 17.8 Å². The smallest absolute Gasteiger partial charge is 0.246 e. The van der Waals surface area contributed by atoms with Gasteiger partial charge in [-0.25, -0.2) is 0 Å². The second-order valence-corrected chi connectivity index (χ2v) is 5.82. The van der Waals surface area contributed by atoms with Crippen LogP contribution >= 0.6 is 0 Å². The first-order valence-electron chi connectivity index (χ1n) is 7.70. The number of hydrazone groups is 1. The third kappa shape index (κ3) is 3.13. The SMILES string of the molecule is C#CC1=NN(C2C[C@H](COC)N(C(=O)C=C)C2)C(NC)C1C(N)=O. The minimum absolute atomic E-state index is 0.0832. The number of carbonyl (C=O) groups is 2. The summed E-state index contributed by atoms with van der Waals surface area (Å²) in [5, 5.41) is 9.21. The molecule has 2 aliphatic rings. The van der Waals surface area contributed by atoms with Gasteiger partial charge in [-0.3, -0.25) is 19.9 Å². The van der Waals surface area contributed by atoms with Crippen LogP contribution in [0.4, 0.5) is 0 Å². The first kappa shape index (κ1) is 18.0. The highest BCUT2D eigenvalue weighted by Gasteiger charge is 2.46. The lowest BCUT2D eigenvalue weighted by molar-refractivity contribution is -0.128. The average molecular weight is 333 g/mol. The van der Waals surface area contributed by atoms with Gasteiger partial charge < -0.3 is 15.4 Å². The summed E-state index contributed by atoms with van der Waals surface area (Å²) in [6, 6.07) is -0.181. The van der Waals surface area contributed by atoms with Crippen molar-refractivity contribution in [1.29, 1.82) is 0 Å². The van der Waals surface area contributed by atoms with E-state index in [1.54, 1.807) is 24.1 Å². The van der Waals surface area contributed by atoms with Gasteiger partial charge in [-0.2, -0.15) is 5.10 Å². The number of amides is 2. The van der Waals surface area contributed by atoms with Crippen molar-refractivity contribution in [2.24, 2.45) is 16.8 Å². The summed E-state index contributed by atoms with van der Waals surface area (Å²) in [6.07, 6.45) is 6.98. The van der Waals surface area contributed by atoms with Crippen LogP contribution in [-0.4, -0.2) is 73.0 Å². The van der Waals surface area contributed by atoms with Gasteiger partial charge in [0.05, 0.1) is 18.7 Å². The Morgan fingerprint density at radius 3 is 2.83 bits per heavy atom. The number of likely N-dealkylation sites (tertiary alicyclic amines) is 1. The van der Waals surface area contributed by atoms with Gasteiger partial charge in [-0.05, 0) is 19.5 Å². The fourth-order valence-electron chi connectivity index (χ4n) is 3.39. The van der Waals surface area contributed by atoms with Gasteiger partial charge in [0.15, 0.2) is 0 Å². The molecule has 2 heterocycles. The molecule has 4 atom stereocenters. The topological polar surface area (TPSA) is 100 Å². The molecule has 2 rings (SSSR count). The van der Waals surface area contributed by atoms with Crippen LogP contribution in [0, 0.1) is 18.3 Å². The molecule has 8 nitrogen and oxygen atoms in total. The van der Waals surface area contributed by atoms with Crippen LogP contribution in [0.2, 0.25) is 0 Å². The van der Waals surface area contributed by atoms with Crippen molar-refractivity contribution >= 4 is 17.5 Å². The summed E-state index contributed by atoms with van der Waals surface area (Å²) >= 11 is 0. The lowest BCUT2D eigenvalue weighted by atomic mass is 10.00. The molecule has 0 spiro atoms. The number of nitrogens with one attached hydrogen (secondary N) is 1. The summed E-state index contributed by atoms with van der Waals surface area (Å²) in [5.74, 6) is 1.06. The Kier molecular flexibility index (Phi) is 5.59. The maximum atomic E-state index is 12.1. The number of terminal acetylenes is 1. The van der Waals surface area contributed by atoms with Crippen LogP contribution in [0.5, 0.6) is 0 Å². The van der Waals surface area contributed by atoms with Crippen molar-refractivity contribution in [2.45, 2.75) is 24.7 Å². The molecule has 130 valence electrons. The molecule has 8 heteroatoms. The van der Waals surface area contributed by atoms with Gasteiger partial charge >= 0.3 is 0 Å². The Morgan fingerprint density at radius 2 is 2.33 bits per heavy atom. The molecule has 0 aliphatic carbocycles. The number of nitrogens with two attached hydrogens (primary N) is 1. The van der Waals surface area contributed by atoms with E-state index in [9.17, 15) is 9.59 Å². The molecule has 2 amide bonds. The maximum Gasteiger partial charge on any atom is 0.246 e. The first-order chi connectivity index (χ1) is 11.5. The lowest BCUT2D eigenvalue weighted by Gasteiger charge is -2.30. The van der Waals surface area contributed by atoms with Crippen LogP contribution in [0.1, 0.15) is 6.42 Å². The fraction of sp³-hybridized carbons (Fsp3) is 0.562. The first-order valence-corrected chi connectivity index (χ1v) is 7.70. The molecule has 2 aliphatic heterocycles. The van der Waals surface area contributed by atoms with Gasteiger partial charge in [-0.15, -0.1) is 6.42 Å². The van der Waals surface area contributed by atoms with Crippen molar-refractivity contribution < 1.29 is 14.3 Å². The van der Waals surface area contributed by atoms with Gasteiger partial charge in [0.2, 0.25) is 11.8 Å². The predicted molar refractivity (Wildman–Crippen MR) is 89.6 cm³/mol. The molecule has 0 radical (unpaired) electrons. The van der Waals surface area contributed by atoms with Crippen LogP contribution in [-0.2, 0) is 14.3 Å². The number of nitrogens with zero attached hydrogens (tertiary/aromatic N) is 3. The van der Waals surface area contributed by atoms with Gasteiger partial charge in [0.25, 0.3) is 0 Å². The fourth-order valence-corrected chi connectivity index (χ4v) is 3.39. The molecule has 1 fully saturated rings. The Hall–Kier alpha value is -2.37. The van der Waals surface area contributed by atoms with Crippen LogP contribution in [0.15, 0.2) is 17.8 Å². The second-order valence-electron chi connectivity index (χ2n) is 5.82. The number of methoxy groups -OCH3 is 1. The summed E-state index contributed by atoms with van der Waals surface area (Å²) < 4.78 is 5.21. The maximum absolute atomic E-state index is 12.1. The molecule has 3 unspecified atom stereocenters. The highest BCUT2D eigenvalue weighted by atomic mass is 16.5. The normalized spacial score (nSPS) is 29.3. The molecule has 0 saturated carbocycles. The molecule has 24 heavy (non-hydrogen) atoms. The predicted octanol–water partition coefficient (Wildman–Crippen LogP) is -1.26. The number of ether oxygens (including phenoxy) is 1. The minimum Gasteiger partial charge on any atom is -0.383 e. The van der Waals surface area contributed by atoms with Crippen molar-refractivity contribution in [3.05, 3.63) is 12.7 Å². The highest BCUT2D eigenvalue weighted by molar-refractivity contribution is 6.13. The second kappa shape index (κ2) is 7.47. The Morgan fingerprint density at radius 1 is 1.62 bits per heavy atom. The van der Waals surface area contributed by atoms with Gasteiger partial charge in [-0.1, -0.05) is 12.5 Å². The largest absolute Gasteiger partial charge is 0.383 e. The van der Waals surface area contributed by atoms with E-state index in [1.165, 1.54) is 6.08 Å². The lowest BCUT2D eigenvalue weighted by Crippen LogP contribution is -2.52. The monoisotopic (exact) mass is 333 g/mol. The van der Waals surface area contributed by atoms with E-state index in [0.717, 1.165) is 0 Å². The van der Waals surface area contributed by atoms with E-state index in [0.29, 0.717) is 25.3 Å². The number of carbonyl (C=O) groups excluding carboxylic acids is 2. The number of hydrogen-bond donors (Lipinski definition) is 2. The Balaban J connectivity index is 2.26. The number of hydrogen-bond acceptors (Lipinski definition) is 6. The van der Waals surface area contributed by atoms with E-state index < -0.39 is 18.0 Å². The molecular formula is C16H23N5O3. The van der Waals surface area contributed by atoms with E-state index in [4.69, 9.17) is 16.9 Å². The number of rotatable bonds is 6. The summed E-state index contributed by atoms with van der Waals surface area (Å²) in [7, 11) is 3.31. The summed E-state index contributed by atoms with van der Waals surface area (Å²) in [4.78, 5) is 25.6. The quantitative estimate of drug-likeness (QED) is 0.467. The highest BCUT2D eigenvalue weighted by Crippen LogP contribution is 2.30. The molecular weight excluding hydrogens is 310 g/mol.